The van der Waals surface area contributed by atoms with E-state index in [2.05, 4.69) is 14.9 Å². The first-order valence-electron chi connectivity index (χ1n) is 8.92. The number of H-pyrrole nitrogens is 1. The summed E-state index contributed by atoms with van der Waals surface area (Å²) in [4.78, 5) is 46.5. The van der Waals surface area contributed by atoms with Crippen LogP contribution in [0.4, 0.5) is 11.6 Å². The highest BCUT2D eigenvalue weighted by atomic mass is 16.4. The van der Waals surface area contributed by atoms with E-state index in [0.717, 1.165) is 18.8 Å². The minimum atomic E-state index is -1.09. The highest BCUT2D eigenvalue weighted by Gasteiger charge is 2.25. The summed E-state index contributed by atoms with van der Waals surface area (Å²) in [5.74, 6) is -0.700. The molecule has 0 saturated carbocycles. The Kier molecular flexibility index (Phi) is 4.38. The topological polar surface area (TPSA) is 116 Å². The van der Waals surface area contributed by atoms with Crippen LogP contribution in [0.2, 0.25) is 0 Å². The van der Waals surface area contributed by atoms with Crippen LogP contribution in [0, 0.1) is 0 Å². The summed E-state index contributed by atoms with van der Waals surface area (Å²) in [6, 6.07) is 10.0. The van der Waals surface area contributed by atoms with Crippen molar-refractivity contribution in [2.45, 2.75) is 6.54 Å². The lowest BCUT2D eigenvalue weighted by molar-refractivity contribution is -0.137. The van der Waals surface area contributed by atoms with Gasteiger partial charge in [0.15, 0.2) is 11.2 Å². The van der Waals surface area contributed by atoms with E-state index in [1.165, 1.54) is 16.2 Å². The first kappa shape index (κ1) is 17.8. The van der Waals surface area contributed by atoms with Crippen molar-refractivity contribution >= 4 is 28.8 Å². The second-order valence-electron chi connectivity index (χ2n) is 6.69. The molecule has 0 bridgehead atoms. The fourth-order valence-corrected chi connectivity index (χ4v) is 3.55. The van der Waals surface area contributed by atoms with Gasteiger partial charge in [0.1, 0.15) is 6.54 Å². The average molecular weight is 384 g/mol. The molecule has 0 unspecified atom stereocenters. The highest BCUT2D eigenvalue weighted by molar-refractivity contribution is 5.78. The Bertz CT molecular complexity index is 1140. The van der Waals surface area contributed by atoms with Crippen molar-refractivity contribution < 1.29 is 9.90 Å². The SMILES string of the molecule is Cn1c(=O)[nH]c(=O)c2c1nc(N1CCN(c3ccccc3)CC1)n2CC(=O)O. The van der Waals surface area contributed by atoms with E-state index in [-0.39, 0.29) is 11.2 Å². The Morgan fingerprint density at radius 2 is 1.75 bits per heavy atom. The Hall–Kier alpha value is -3.56. The molecule has 0 atom stereocenters. The van der Waals surface area contributed by atoms with E-state index in [4.69, 9.17) is 0 Å². The van der Waals surface area contributed by atoms with Gasteiger partial charge in [0.05, 0.1) is 0 Å². The standard InChI is InChI=1S/C18H20N6O4/c1-21-15-14(16(27)20-18(21)28)24(11-13(25)26)17(19-15)23-9-7-22(8-10-23)12-5-3-2-4-6-12/h2-6H,7-11H2,1H3,(H,25,26)(H,20,27,28). The van der Waals surface area contributed by atoms with Gasteiger partial charge in [0, 0.05) is 38.9 Å². The molecule has 1 aliphatic rings. The number of aryl methyl sites for hydroxylation is 1. The summed E-state index contributed by atoms with van der Waals surface area (Å²) in [7, 11) is 1.50. The number of aromatic nitrogens is 4. The molecule has 1 aliphatic heterocycles. The lowest BCUT2D eigenvalue weighted by atomic mass is 10.2. The summed E-state index contributed by atoms with van der Waals surface area (Å²) < 4.78 is 2.59. The van der Waals surface area contributed by atoms with E-state index >= 15 is 0 Å². The number of rotatable bonds is 4. The van der Waals surface area contributed by atoms with Gasteiger partial charge in [0.2, 0.25) is 5.95 Å². The molecule has 10 nitrogen and oxygen atoms in total. The molecule has 1 aromatic carbocycles. The minimum absolute atomic E-state index is 0.0880. The van der Waals surface area contributed by atoms with Crippen LogP contribution in [-0.4, -0.2) is 56.4 Å². The molecule has 0 radical (unpaired) electrons. The van der Waals surface area contributed by atoms with Crippen molar-refractivity contribution in [2.75, 3.05) is 36.0 Å². The summed E-state index contributed by atoms with van der Waals surface area (Å²) >= 11 is 0. The largest absolute Gasteiger partial charge is 0.480 e. The molecule has 0 aliphatic carbocycles. The number of aromatic amines is 1. The molecule has 2 N–H and O–H groups in total. The molecule has 0 spiro atoms. The van der Waals surface area contributed by atoms with Crippen LogP contribution in [0.15, 0.2) is 39.9 Å². The second kappa shape index (κ2) is 6.87. The van der Waals surface area contributed by atoms with Gasteiger partial charge in [-0.3, -0.25) is 23.7 Å². The van der Waals surface area contributed by atoms with Crippen LogP contribution in [0.25, 0.3) is 11.2 Å². The molecular weight excluding hydrogens is 364 g/mol. The van der Waals surface area contributed by atoms with Gasteiger partial charge >= 0.3 is 11.7 Å². The number of piperazine rings is 1. The van der Waals surface area contributed by atoms with Gasteiger partial charge in [-0.25, -0.2) is 4.79 Å². The maximum atomic E-state index is 12.3. The van der Waals surface area contributed by atoms with Gasteiger partial charge in [-0.2, -0.15) is 4.98 Å². The number of carboxylic acid groups (broad SMARTS) is 1. The average Bonchev–Trinajstić information content (AvgIpc) is 3.06. The van der Waals surface area contributed by atoms with Crippen LogP contribution in [0.5, 0.6) is 0 Å². The van der Waals surface area contributed by atoms with E-state index < -0.39 is 23.8 Å². The van der Waals surface area contributed by atoms with Crippen molar-refractivity contribution in [1.29, 1.82) is 0 Å². The molecule has 146 valence electrons. The molecule has 1 fully saturated rings. The Morgan fingerprint density at radius 3 is 2.39 bits per heavy atom. The quantitative estimate of drug-likeness (QED) is 0.642. The summed E-state index contributed by atoms with van der Waals surface area (Å²) in [5.41, 5.74) is 0.166. The summed E-state index contributed by atoms with van der Waals surface area (Å²) in [6.45, 7) is 2.28. The lowest BCUT2D eigenvalue weighted by Gasteiger charge is -2.36. The second-order valence-corrected chi connectivity index (χ2v) is 6.69. The third-order valence-corrected chi connectivity index (χ3v) is 4.96. The van der Waals surface area contributed by atoms with Crippen molar-refractivity contribution in [1.82, 2.24) is 19.1 Å². The molecular formula is C18H20N6O4. The Morgan fingerprint density at radius 1 is 1.11 bits per heavy atom. The molecule has 2 aromatic heterocycles. The first-order chi connectivity index (χ1) is 13.5. The van der Waals surface area contributed by atoms with Crippen molar-refractivity contribution in [3.63, 3.8) is 0 Å². The summed E-state index contributed by atoms with van der Waals surface area (Å²) in [6.07, 6.45) is 0. The molecule has 4 rings (SSSR count). The molecule has 3 heterocycles. The van der Waals surface area contributed by atoms with Gasteiger partial charge < -0.3 is 14.9 Å². The van der Waals surface area contributed by atoms with E-state index in [1.807, 2.05) is 35.2 Å². The number of para-hydroxylation sites is 1. The number of carboxylic acids is 1. The van der Waals surface area contributed by atoms with Crippen molar-refractivity contribution in [3.05, 3.63) is 51.2 Å². The van der Waals surface area contributed by atoms with Crippen LogP contribution < -0.4 is 21.0 Å². The van der Waals surface area contributed by atoms with Gasteiger partial charge in [-0.15, -0.1) is 0 Å². The normalized spacial score (nSPS) is 14.6. The van der Waals surface area contributed by atoms with Crippen LogP contribution in [-0.2, 0) is 18.4 Å². The van der Waals surface area contributed by atoms with Crippen LogP contribution in [0.3, 0.4) is 0 Å². The zero-order valence-corrected chi connectivity index (χ0v) is 15.3. The zero-order valence-electron chi connectivity index (χ0n) is 15.3. The van der Waals surface area contributed by atoms with Gasteiger partial charge in [-0.05, 0) is 12.1 Å². The monoisotopic (exact) mass is 384 g/mol. The fraction of sp³-hybridized carbons (Fsp3) is 0.333. The zero-order chi connectivity index (χ0) is 19.8. The third kappa shape index (κ3) is 3.02. The number of hydrogen-bond acceptors (Lipinski definition) is 6. The molecule has 1 saturated heterocycles. The highest BCUT2D eigenvalue weighted by Crippen LogP contribution is 2.22. The van der Waals surface area contributed by atoms with E-state index in [1.54, 1.807) is 0 Å². The lowest BCUT2D eigenvalue weighted by Crippen LogP contribution is -2.47. The number of nitrogens with zero attached hydrogens (tertiary/aromatic N) is 5. The number of carbonyl (C=O) groups is 1. The fourth-order valence-electron chi connectivity index (χ4n) is 3.55. The molecule has 10 heteroatoms. The number of nitrogens with one attached hydrogen (secondary N) is 1. The minimum Gasteiger partial charge on any atom is -0.480 e. The Labute approximate surface area is 159 Å². The number of aliphatic carboxylic acids is 1. The number of hydrogen-bond donors (Lipinski definition) is 2. The van der Waals surface area contributed by atoms with Crippen molar-refractivity contribution in [2.24, 2.45) is 7.05 Å². The van der Waals surface area contributed by atoms with Crippen molar-refractivity contribution in [3.8, 4) is 0 Å². The number of imidazole rings is 1. The predicted octanol–water partition coefficient (Wildman–Crippen LogP) is -0.166. The smallest absolute Gasteiger partial charge is 0.329 e. The maximum absolute atomic E-state index is 12.3. The molecule has 3 aromatic rings. The van der Waals surface area contributed by atoms with E-state index in [0.29, 0.717) is 19.0 Å². The number of fused-ring (bicyclic) bond motifs is 1. The predicted molar refractivity (Wildman–Crippen MR) is 104 cm³/mol. The third-order valence-electron chi connectivity index (χ3n) is 4.96. The maximum Gasteiger partial charge on any atom is 0.329 e. The summed E-state index contributed by atoms with van der Waals surface area (Å²) in [5, 5.41) is 9.32. The molecule has 0 amide bonds. The van der Waals surface area contributed by atoms with E-state index in [9.17, 15) is 19.5 Å². The number of anilines is 2. The van der Waals surface area contributed by atoms with Gasteiger partial charge in [-0.1, -0.05) is 18.2 Å². The first-order valence-corrected chi connectivity index (χ1v) is 8.92. The number of benzene rings is 1. The molecule has 28 heavy (non-hydrogen) atoms. The van der Waals surface area contributed by atoms with Crippen LogP contribution >= 0.6 is 0 Å². The Balaban J connectivity index is 1.72. The van der Waals surface area contributed by atoms with Crippen LogP contribution in [0.1, 0.15) is 0 Å². The van der Waals surface area contributed by atoms with Gasteiger partial charge in [0.25, 0.3) is 5.56 Å².